The zero-order valence-corrected chi connectivity index (χ0v) is 15.5. The Morgan fingerprint density at radius 2 is 2.00 bits per heavy atom. The van der Waals surface area contributed by atoms with Crippen LogP contribution in [0, 0.1) is 6.92 Å². The molecule has 0 saturated carbocycles. The average molecular weight is 370 g/mol. The first-order valence-corrected chi connectivity index (χ1v) is 8.56. The van der Waals surface area contributed by atoms with Crippen LogP contribution in [-0.2, 0) is 9.59 Å². The number of hydrogen-bond acceptors (Lipinski definition) is 4. The second kappa shape index (κ2) is 10.9. The predicted octanol–water partition coefficient (Wildman–Crippen LogP) is 1.64. The van der Waals surface area contributed by atoms with E-state index in [1.54, 1.807) is 0 Å². The fourth-order valence-electron chi connectivity index (χ4n) is 2.85. The molecule has 2 rings (SSSR count). The maximum atomic E-state index is 12.5. The summed E-state index contributed by atoms with van der Waals surface area (Å²) in [6, 6.07) is 7.68. The molecule has 0 aromatic heterocycles. The molecule has 1 aliphatic rings. The third-order valence-electron chi connectivity index (χ3n) is 4.24. The molecular formula is C18H28ClN3O3. The summed E-state index contributed by atoms with van der Waals surface area (Å²) in [5, 5.41) is 2.86. The second-order valence-electron chi connectivity index (χ2n) is 6.18. The molecule has 1 aromatic carbocycles. The van der Waals surface area contributed by atoms with E-state index in [2.05, 4.69) is 5.32 Å². The molecular weight excluding hydrogens is 342 g/mol. The first-order valence-electron chi connectivity index (χ1n) is 8.56. The molecule has 1 aliphatic heterocycles. The molecule has 0 radical (unpaired) electrons. The summed E-state index contributed by atoms with van der Waals surface area (Å²) >= 11 is 0. The van der Waals surface area contributed by atoms with Gasteiger partial charge < -0.3 is 20.7 Å². The molecule has 1 unspecified atom stereocenters. The first-order chi connectivity index (χ1) is 11.6. The van der Waals surface area contributed by atoms with Crippen molar-refractivity contribution in [2.75, 3.05) is 26.2 Å². The molecule has 0 aliphatic carbocycles. The van der Waals surface area contributed by atoms with Crippen molar-refractivity contribution in [1.82, 2.24) is 10.2 Å². The number of halogens is 1. The van der Waals surface area contributed by atoms with Crippen molar-refractivity contribution < 1.29 is 14.3 Å². The Bertz CT molecular complexity index is 551. The van der Waals surface area contributed by atoms with E-state index in [4.69, 9.17) is 10.5 Å². The van der Waals surface area contributed by atoms with Crippen LogP contribution < -0.4 is 15.8 Å². The number of ether oxygens (including phenoxy) is 1. The monoisotopic (exact) mass is 369 g/mol. The lowest BCUT2D eigenvalue weighted by atomic mass is 10.0. The molecule has 1 saturated heterocycles. The van der Waals surface area contributed by atoms with Crippen LogP contribution in [0.1, 0.15) is 31.2 Å². The third kappa shape index (κ3) is 6.92. The van der Waals surface area contributed by atoms with Crippen LogP contribution in [0.3, 0.4) is 0 Å². The van der Waals surface area contributed by atoms with Crippen molar-refractivity contribution >= 4 is 24.2 Å². The Morgan fingerprint density at radius 3 is 2.68 bits per heavy atom. The molecule has 0 spiro atoms. The number of carbonyl (C=O) groups excluding carboxylic acids is 2. The summed E-state index contributed by atoms with van der Waals surface area (Å²) < 4.78 is 5.59. The van der Waals surface area contributed by atoms with E-state index in [1.165, 1.54) is 0 Å². The molecule has 7 heteroatoms. The van der Waals surface area contributed by atoms with E-state index < -0.39 is 0 Å². The Hall–Kier alpha value is -1.79. The molecule has 140 valence electrons. The molecule has 25 heavy (non-hydrogen) atoms. The Kier molecular flexibility index (Phi) is 9.31. The number of nitrogens with two attached hydrogens (primary N) is 1. The Balaban J connectivity index is 0.00000312. The topological polar surface area (TPSA) is 84.7 Å². The van der Waals surface area contributed by atoms with E-state index >= 15 is 0 Å². The fourth-order valence-corrected chi connectivity index (χ4v) is 2.85. The molecule has 1 atom stereocenters. The standard InChI is InChI=1S/C18H27N3O3.ClH/c1-14-5-7-16(8-6-14)24-13-18(23)21-11-3-2-4-15(21)12-20-17(22)9-10-19;/h5-8,15H,2-4,9-13,19H2,1H3,(H,20,22);1H. The highest BCUT2D eigenvalue weighted by atomic mass is 35.5. The van der Waals surface area contributed by atoms with Gasteiger partial charge in [-0.05, 0) is 38.3 Å². The normalized spacial score (nSPS) is 16.7. The number of likely N-dealkylation sites (tertiary alicyclic amines) is 1. The van der Waals surface area contributed by atoms with Crippen molar-refractivity contribution in [1.29, 1.82) is 0 Å². The number of carbonyl (C=O) groups is 2. The van der Waals surface area contributed by atoms with Gasteiger partial charge in [-0.15, -0.1) is 12.4 Å². The van der Waals surface area contributed by atoms with Gasteiger partial charge in [-0.1, -0.05) is 17.7 Å². The summed E-state index contributed by atoms with van der Waals surface area (Å²) in [7, 11) is 0. The molecule has 1 fully saturated rings. The number of aryl methyl sites for hydroxylation is 1. The Morgan fingerprint density at radius 1 is 1.28 bits per heavy atom. The molecule has 0 bridgehead atoms. The third-order valence-corrected chi connectivity index (χ3v) is 4.24. The zero-order chi connectivity index (χ0) is 17.4. The SMILES string of the molecule is Cc1ccc(OCC(=O)N2CCCCC2CNC(=O)CCN)cc1.Cl. The summed E-state index contributed by atoms with van der Waals surface area (Å²) in [6.07, 6.45) is 3.28. The highest BCUT2D eigenvalue weighted by molar-refractivity contribution is 5.85. The van der Waals surface area contributed by atoms with Gasteiger partial charge in [0.15, 0.2) is 6.61 Å². The van der Waals surface area contributed by atoms with Crippen molar-refractivity contribution in [2.45, 2.75) is 38.6 Å². The number of nitrogens with zero attached hydrogens (tertiary/aromatic N) is 1. The fraction of sp³-hybridized carbons (Fsp3) is 0.556. The average Bonchev–Trinajstić information content (AvgIpc) is 2.60. The molecule has 1 aromatic rings. The summed E-state index contributed by atoms with van der Waals surface area (Å²) in [4.78, 5) is 25.9. The molecule has 1 heterocycles. The molecule has 3 N–H and O–H groups in total. The van der Waals surface area contributed by atoms with Gasteiger partial charge in [0, 0.05) is 32.1 Å². The van der Waals surface area contributed by atoms with Crippen LogP contribution in [0.2, 0.25) is 0 Å². The smallest absolute Gasteiger partial charge is 0.260 e. The van der Waals surface area contributed by atoms with Crippen molar-refractivity contribution in [3.63, 3.8) is 0 Å². The quantitative estimate of drug-likeness (QED) is 0.765. The minimum Gasteiger partial charge on any atom is -0.484 e. The number of piperidine rings is 1. The van der Waals surface area contributed by atoms with E-state index in [-0.39, 0.29) is 36.9 Å². The number of amides is 2. The van der Waals surface area contributed by atoms with Crippen molar-refractivity contribution in [3.05, 3.63) is 29.8 Å². The van der Waals surface area contributed by atoms with Gasteiger partial charge in [0.05, 0.1) is 0 Å². The van der Waals surface area contributed by atoms with Gasteiger partial charge in [0.25, 0.3) is 5.91 Å². The van der Waals surface area contributed by atoms with Crippen LogP contribution in [0.15, 0.2) is 24.3 Å². The van der Waals surface area contributed by atoms with Gasteiger partial charge in [-0.25, -0.2) is 0 Å². The van der Waals surface area contributed by atoms with Gasteiger partial charge in [0.2, 0.25) is 5.91 Å². The maximum Gasteiger partial charge on any atom is 0.260 e. The van der Waals surface area contributed by atoms with Crippen LogP contribution in [0.5, 0.6) is 5.75 Å². The largest absolute Gasteiger partial charge is 0.484 e. The summed E-state index contributed by atoms with van der Waals surface area (Å²) in [5.74, 6) is 0.596. The lowest BCUT2D eigenvalue weighted by Crippen LogP contribution is -2.50. The van der Waals surface area contributed by atoms with Crippen LogP contribution >= 0.6 is 12.4 Å². The number of hydrogen-bond donors (Lipinski definition) is 2. The van der Waals surface area contributed by atoms with Gasteiger partial charge in [-0.2, -0.15) is 0 Å². The summed E-state index contributed by atoms with van der Waals surface area (Å²) in [5.41, 5.74) is 6.53. The number of rotatable bonds is 7. The number of benzene rings is 1. The molecule has 6 nitrogen and oxygen atoms in total. The zero-order valence-electron chi connectivity index (χ0n) is 14.7. The second-order valence-corrected chi connectivity index (χ2v) is 6.18. The van der Waals surface area contributed by atoms with E-state index in [0.29, 0.717) is 31.8 Å². The van der Waals surface area contributed by atoms with Crippen LogP contribution in [0.4, 0.5) is 0 Å². The van der Waals surface area contributed by atoms with Crippen LogP contribution in [0.25, 0.3) is 0 Å². The van der Waals surface area contributed by atoms with Crippen LogP contribution in [-0.4, -0.2) is 49.0 Å². The van der Waals surface area contributed by atoms with Gasteiger partial charge in [-0.3, -0.25) is 9.59 Å². The van der Waals surface area contributed by atoms with Crippen molar-refractivity contribution in [2.24, 2.45) is 5.73 Å². The van der Waals surface area contributed by atoms with E-state index in [0.717, 1.165) is 24.8 Å². The van der Waals surface area contributed by atoms with E-state index in [9.17, 15) is 9.59 Å². The highest BCUT2D eigenvalue weighted by Crippen LogP contribution is 2.18. The highest BCUT2D eigenvalue weighted by Gasteiger charge is 2.27. The minimum atomic E-state index is -0.0635. The predicted molar refractivity (Wildman–Crippen MR) is 100.0 cm³/mol. The van der Waals surface area contributed by atoms with Crippen molar-refractivity contribution in [3.8, 4) is 5.75 Å². The maximum absolute atomic E-state index is 12.5. The van der Waals surface area contributed by atoms with E-state index in [1.807, 2.05) is 36.1 Å². The van der Waals surface area contributed by atoms with Gasteiger partial charge >= 0.3 is 0 Å². The lowest BCUT2D eigenvalue weighted by Gasteiger charge is -2.35. The summed E-state index contributed by atoms with van der Waals surface area (Å²) in [6.45, 7) is 3.56. The number of nitrogens with one attached hydrogen (secondary N) is 1. The lowest BCUT2D eigenvalue weighted by molar-refractivity contribution is -0.137. The van der Waals surface area contributed by atoms with Gasteiger partial charge in [0.1, 0.15) is 5.75 Å². The first kappa shape index (κ1) is 21.3. The Labute approximate surface area is 155 Å². The molecule has 2 amide bonds. The minimum absolute atomic E-state index is 0.